The molecular formula is C8H11N5O. The average molecular weight is 193 g/mol. The topological polar surface area (TPSA) is 89.9 Å². The van der Waals surface area contributed by atoms with Gasteiger partial charge < -0.3 is 15.5 Å². The zero-order chi connectivity index (χ0) is 9.97. The van der Waals surface area contributed by atoms with Crippen molar-refractivity contribution in [1.82, 2.24) is 15.0 Å². The molecule has 0 bridgehead atoms. The van der Waals surface area contributed by atoms with E-state index in [-0.39, 0.29) is 6.04 Å². The summed E-state index contributed by atoms with van der Waals surface area (Å²) >= 11 is 0. The molecule has 3 N–H and O–H groups in total. The van der Waals surface area contributed by atoms with Crippen LogP contribution in [0.25, 0.3) is 11.2 Å². The highest BCUT2D eigenvalue weighted by molar-refractivity contribution is 5.67. The van der Waals surface area contributed by atoms with E-state index in [0.29, 0.717) is 23.7 Å². The Hall–Kier alpha value is -1.69. The first-order valence-corrected chi connectivity index (χ1v) is 4.31. The Labute approximate surface area is 80.6 Å². The lowest BCUT2D eigenvalue weighted by Crippen LogP contribution is -2.25. The van der Waals surface area contributed by atoms with Gasteiger partial charge in [0.05, 0.1) is 6.20 Å². The summed E-state index contributed by atoms with van der Waals surface area (Å²) in [5, 5.41) is 2.99. The molecule has 2 heterocycles. The second-order valence-corrected chi connectivity index (χ2v) is 3.09. The van der Waals surface area contributed by atoms with E-state index in [4.69, 9.17) is 10.2 Å². The van der Waals surface area contributed by atoms with E-state index in [0.717, 1.165) is 0 Å². The highest BCUT2D eigenvalue weighted by atomic mass is 16.3. The maximum absolute atomic E-state index is 5.58. The standard InChI is InChI=1S/C8H11N5O/c1-5(9)2-10-8-11-3-6-7(13-8)14-4-12-6/h3-5H,2,9H2,1H3,(H,10,11,13). The van der Waals surface area contributed by atoms with E-state index in [1.165, 1.54) is 6.39 Å². The number of aromatic nitrogens is 3. The van der Waals surface area contributed by atoms with Gasteiger partial charge in [-0.1, -0.05) is 0 Å². The van der Waals surface area contributed by atoms with Gasteiger partial charge >= 0.3 is 0 Å². The fourth-order valence-corrected chi connectivity index (χ4v) is 1.01. The van der Waals surface area contributed by atoms with E-state index < -0.39 is 0 Å². The molecule has 0 radical (unpaired) electrons. The van der Waals surface area contributed by atoms with Gasteiger partial charge in [0.1, 0.15) is 5.52 Å². The predicted octanol–water partition coefficient (Wildman–Crippen LogP) is 0.377. The molecule has 74 valence electrons. The lowest BCUT2D eigenvalue weighted by molar-refractivity contribution is 0.590. The van der Waals surface area contributed by atoms with Crippen molar-refractivity contribution >= 4 is 17.2 Å². The van der Waals surface area contributed by atoms with Crippen molar-refractivity contribution in [3.8, 4) is 0 Å². The minimum atomic E-state index is 0.0593. The Bertz CT molecular complexity index is 424. The smallest absolute Gasteiger partial charge is 0.251 e. The Balaban J connectivity index is 2.17. The number of hydrogen-bond donors (Lipinski definition) is 2. The van der Waals surface area contributed by atoms with Gasteiger partial charge in [-0.15, -0.1) is 0 Å². The molecule has 2 rings (SSSR count). The SMILES string of the molecule is CC(N)CNc1ncc2ncoc2n1. The van der Waals surface area contributed by atoms with Gasteiger partial charge in [-0.2, -0.15) is 4.98 Å². The molecule has 6 heteroatoms. The molecule has 0 aliphatic rings. The van der Waals surface area contributed by atoms with Gasteiger partial charge in [0.15, 0.2) is 6.39 Å². The summed E-state index contributed by atoms with van der Waals surface area (Å²) in [6.07, 6.45) is 2.95. The largest absolute Gasteiger partial charge is 0.425 e. The van der Waals surface area contributed by atoms with Gasteiger partial charge in [0.2, 0.25) is 5.95 Å². The molecule has 1 atom stereocenters. The van der Waals surface area contributed by atoms with Crippen molar-refractivity contribution in [2.24, 2.45) is 5.73 Å². The minimum absolute atomic E-state index is 0.0593. The van der Waals surface area contributed by atoms with Crippen LogP contribution in [0.3, 0.4) is 0 Å². The highest BCUT2D eigenvalue weighted by Gasteiger charge is 2.03. The van der Waals surface area contributed by atoms with Crippen molar-refractivity contribution in [3.63, 3.8) is 0 Å². The van der Waals surface area contributed by atoms with E-state index >= 15 is 0 Å². The summed E-state index contributed by atoms with van der Waals surface area (Å²) in [7, 11) is 0. The number of oxazole rings is 1. The molecule has 0 aliphatic carbocycles. The number of rotatable bonds is 3. The molecule has 0 spiro atoms. The molecule has 1 unspecified atom stereocenters. The third kappa shape index (κ3) is 1.80. The summed E-state index contributed by atoms with van der Waals surface area (Å²) < 4.78 is 5.03. The number of fused-ring (bicyclic) bond motifs is 1. The molecule has 14 heavy (non-hydrogen) atoms. The van der Waals surface area contributed by atoms with Crippen molar-refractivity contribution < 1.29 is 4.42 Å². The number of nitrogens with one attached hydrogen (secondary N) is 1. The first-order valence-electron chi connectivity index (χ1n) is 4.31. The first-order chi connectivity index (χ1) is 6.75. The first kappa shape index (κ1) is 8.89. The Morgan fingerprint density at radius 2 is 2.43 bits per heavy atom. The van der Waals surface area contributed by atoms with Gasteiger partial charge in [0, 0.05) is 12.6 Å². The minimum Gasteiger partial charge on any atom is -0.425 e. The molecule has 0 saturated carbocycles. The third-order valence-electron chi connectivity index (χ3n) is 1.67. The van der Waals surface area contributed by atoms with Crippen LogP contribution in [0.1, 0.15) is 6.92 Å². The Morgan fingerprint density at radius 1 is 1.57 bits per heavy atom. The van der Waals surface area contributed by atoms with Crippen molar-refractivity contribution in [1.29, 1.82) is 0 Å². The van der Waals surface area contributed by atoms with E-state index in [9.17, 15) is 0 Å². The van der Waals surface area contributed by atoms with Crippen LogP contribution >= 0.6 is 0 Å². The molecular weight excluding hydrogens is 182 g/mol. The van der Waals surface area contributed by atoms with Crippen LogP contribution in [-0.2, 0) is 0 Å². The van der Waals surface area contributed by atoms with E-state index in [1.807, 2.05) is 6.92 Å². The Kier molecular flexibility index (Phi) is 2.28. The van der Waals surface area contributed by atoms with Crippen LogP contribution in [0.4, 0.5) is 5.95 Å². The summed E-state index contributed by atoms with van der Waals surface area (Å²) in [6, 6.07) is 0.0593. The van der Waals surface area contributed by atoms with Crippen LogP contribution in [0.5, 0.6) is 0 Å². The van der Waals surface area contributed by atoms with E-state index in [1.54, 1.807) is 6.20 Å². The quantitative estimate of drug-likeness (QED) is 0.732. The van der Waals surface area contributed by atoms with E-state index in [2.05, 4.69) is 20.3 Å². The lowest BCUT2D eigenvalue weighted by Gasteiger charge is -2.05. The van der Waals surface area contributed by atoms with Gasteiger partial charge in [-0.3, -0.25) is 0 Å². The Morgan fingerprint density at radius 3 is 3.21 bits per heavy atom. The van der Waals surface area contributed by atoms with Crippen molar-refractivity contribution in [2.75, 3.05) is 11.9 Å². The second-order valence-electron chi connectivity index (χ2n) is 3.09. The fraction of sp³-hybridized carbons (Fsp3) is 0.375. The molecule has 0 saturated heterocycles. The monoisotopic (exact) mass is 193 g/mol. The molecule has 2 aromatic heterocycles. The van der Waals surface area contributed by atoms with Crippen LogP contribution in [0.15, 0.2) is 17.0 Å². The number of nitrogens with two attached hydrogens (primary N) is 1. The molecule has 2 aromatic rings. The molecule has 0 aromatic carbocycles. The maximum atomic E-state index is 5.58. The predicted molar refractivity (Wildman–Crippen MR) is 51.7 cm³/mol. The van der Waals surface area contributed by atoms with Crippen molar-refractivity contribution in [2.45, 2.75) is 13.0 Å². The zero-order valence-corrected chi connectivity index (χ0v) is 7.77. The maximum Gasteiger partial charge on any atom is 0.251 e. The normalized spacial score (nSPS) is 13.0. The summed E-state index contributed by atoms with van der Waals surface area (Å²) in [5.41, 5.74) is 6.71. The molecule has 6 nitrogen and oxygen atoms in total. The van der Waals surface area contributed by atoms with Gasteiger partial charge in [-0.05, 0) is 6.92 Å². The van der Waals surface area contributed by atoms with Gasteiger partial charge in [0.25, 0.3) is 5.71 Å². The van der Waals surface area contributed by atoms with Crippen LogP contribution in [-0.4, -0.2) is 27.5 Å². The second kappa shape index (κ2) is 3.59. The highest BCUT2D eigenvalue weighted by Crippen LogP contribution is 2.09. The summed E-state index contributed by atoms with van der Waals surface area (Å²) in [5.74, 6) is 0.506. The summed E-state index contributed by atoms with van der Waals surface area (Å²) in [4.78, 5) is 12.1. The van der Waals surface area contributed by atoms with Crippen molar-refractivity contribution in [3.05, 3.63) is 12.6 Å². The van der Waals surface area contributed by atoms with Gasteiger partial charge in [-0.25, -0.2) is 9.97 Å². The molecule has 0 aliphatic heterocycles. The van der Waals surface area contributed by atoms with Crippen LogP contribution in [0.2, 0.25) is 0 Å². The third-order valence-corrected chi connectivity index (χ3v) is 1.67. The average Bonchev–Trinajstić information content (AvgIpc) is 2.61. The number of anilines is 1. The zero-order valence-electron chi connectivity index (χ0n) is 7.77. The van der Waals surface area contributed by atoms with Crippen LogP contribution < -0.4 is 11.1 Å². The fourth-order valence-electron chi connectivity index (χ4n) is 1.01. The molecule has 0 amide bonds. The summed E-state index contributed by atoms with van der Waals surface area (Å²) in [6.45, 7) is 2.53. The number of nitrogens with zero attached hydrogens (tertiary/aromatic N) is 3. The van der Waals surface area contributed by atoms with Crippen LogP contribution in [0, 0.1) is 0 Å². The number of hydrogen-bond acceptors (Lipinski definition) is 6. The lowest BCUT2D eigenvalue weighted by atomic mass is 10.4. The molecule has 0 fully saturated rings.